The molecule has 4 aromatic carbocycles. The molecule has 0 aliphatic carbocycles. The summed E-state index contributed by atoms with van der Waals surface area (Å²) < 4.78 is 28.0. The van der Waals surface area contributed by atoms with Gasteiger partial charge in [-0.15, -0.1) is 11.8 Å². The van der Waals surface area contributed by atoms with Crippen molar-refractivity contribution in [3.05, 3.63) is 124 Å². The molecule has 5 rings (SSSR count). The molecule has 1 fully saturated rings. The Morgan fingerprint density at radius 3 is 2.32 bits per heavy atom. The van der Waals surface area contributed by atoms with Crippen LogP contribution >= 0.6 is 35.0 Å². The van der Waals surface area contributed by atoms with E-state index < -0.39 is 10.0 Å². The maximum Gasteiger partial charge on any atom is 0.261 e. The Morgan fingerprint density at radius 1 is 0.927 bits per heavy atom. The lowest BCUT2D eigenvalue weighted by Crippen LogP contribution is -2.30. The number of nitrogens with zero attached hydrogens (tertiary/aromatic N) is 1. The zero-order valence-corrected chi connectivity index (χ0v) is 24.7. The van der Waals surface area contributed by atoms with Crippen molar-refractivity contribution >= 4 is 68.2 Å². The number of rotatable bonds is 9. The Labute approximate surface area is 252 Å². The molecule has 2 amide bonds. The van der Waals surface area contributed by atoms with Crippen LogP contribution in [-0.2, 0) is 21.2 Å². The highest BCUT2D eigenvalue weighted by Crippen LogP contribution is 2.38. The van der Waals surface area contributed by atoms with Crippen molar-refractivity contribution in [1.29, 1.82) is 0 Å². The third-order valence-corrected chi connectivity index (χ3v) is 9.69. The van der Waals surface area contributed by atoms with E-state index in [1.165, 1.54) is 48.0 Å². The van der Waals surface area contributed by atoms with E-state index in [9.17, 15) is 18.0 Å². The molecule has 1 heterocycles. The van der Waals surface area contributed by atoms with Crippen LogP contribution in [0.25, 0.3) is 0 Å². The van der Waals surface area contributed by atoms with Gasteiger partial charge in [0.15, 0.2) is 0 Å². The number of hydrogen-bond donors (Lipinski definition) is 2. The van der Waals surface area contributed by atoms with E-state index in [1.807, 2.05) is 35.2 Å². The van der Waals surface area contributed by atoms with Gasteiger partial charge in [-0.1, -0.05) is 65.7 Å². The number of nitrogens with one attached hydrogen (secondary N) is 2. The molecule has 11 heteroatoms. The number of thioether (sulfide) groups is 1. The molecule has 1 saturated heterocycles. The second-order valence-electron chi connectivity index (χ2n) is 9.32. The van der Waals surface area contributed by atoms with Gasteiger partial charge in [0.1, 0.15) is 5.37 Å². The fourth-order valence-electron chi connectivity index (χ4n) is 4.36. The minimum atomic E-state index is -3.91. The normalized spacial score (nSPS) is 15.1. The molecule has 0 unspecified atom stereocenters. The van der Waals surface area contributed by atoms with Crippen LogP contribution in [0.4, 0.5) is 11.4 Å². The summed E-state index contributed by atoms with van der Waals surface area (Å²) in [5.74, 6) is 0.194. The van der Waals surface area contributed by atoms with Crippen molar-refractivity contribution in [2.75, 3.05) is 22.3 Å². The summed E-state index contributed by atoms with van der Waals surface area (Å²) in [6.45, 7) is 0.622. The Bertz CT molecular complexity index is 1670. The summed E-state index contributed by atoms with van der Waals surface area (Å²) in [5.41, 5.74) is 3.21. The van der Waals surface area contributed by atoms with Crippen LogP contribution in [-0.4, -0.2) is 37.4 Å². The van der Waals surface area contributed by atoms with E-state index in [1.54, 1.807) is 23.9 Å². The van der Waals surface area contributed by atoms with Gasteiger partial charge in [0.2, 0.25) is 5.91 Å². The Kier molecular flexibility index (Phi) is 8.89. The Morgan fingerprint density at radius 2 is 1.63 bits per heavy atom. The van der Waals surface area contributed by atoms with Crippen molar-refractivity contribution in [1.82, 2.24) is 4.90 Å². The SMILES string of the molecule is O=C(Nc1ccc(S(=O)(=O)Nc2ccc(Cl)cc2Cl)cc1)c1ccc([C@H]2SCC(=O)N2CCc2ccccc2)cc1. The van der Waals surface area contributed by atoms with Gasteiger partial charge in [-0.05, 0) is 72.1 Å². The van der Waals surface area contributed by atoms with E-state index in [0.717, 1.165) is 12.0 Å². The molecule has 1 aliphatic rings. The molecule has 0 spiro atoms. The summed E-state index contributed by atoms with van der Waals surface area (Å²) in [4.78, 5) is 27.3. The highest BCUT2D eigenvalue weighted by molar-refractivity contribution is 8.00. The zero-order chi connectivity index (χ0) is 29.0. The maximum atomic E-state index is 12.9. The summed E-state index contributed by atoms with van der Waals surface area (Å²) in [5, 5.41) is 3.25. The van der Waals surface area contributed by atoms with Gasteiger partial charge in [0.25, 0.3) is 15.9 Å². The molecule has 2 N–H and O–H groups in total. The molecule has 1 aliphatic heterocycles. The number of benzene rings is 4. The first kappa shape index (κ1) is 29.0. The van der Waals surface area contributed by atoms with Gasteiger partial charge in [-0.3, -0.25) is 14.3 Å². The molecule has 7 nitrogen and oxygen atoms in total. The third kappa shape index (κ3) is 7.05. The van der Waals surface area contributed by atoms with Crippen LogP contribution < -0.4 is 10.0 Å². The molecule has 41 heavy (non-hydrogen) atoms. The number of hydrogen-bond acceptors (Lipinski definition) is 5. The first-order chi connectivity index (χ1) is 19.7. The lowest BCUT2D eigenvalue weighted by molar-refractivity contribution is -0.128. The Hall–Kier alpha value is -3.50. The molecule has 1 atom stereocenters. The quantitative estimate of drug-likeness (QED) is 0.212. The van der Waals surface area contributed by atoms with Gasteiger partial charge in [0.05, 0.1) is 21.4 Å². The minimum Gasteiger partial charge on any atom is -0.326 e. The molecule has 0 bridgehead atoms. The molecular formula is C30H25Cl2N3O4S2. The average molecular weight is 627 g/mol. The number of sulfonamides is 1. The number of amides is 2. The maximum absolute atomic E-state index is 12.9. The van der Waals surface area contributed by atoms with Crippen LogP contribution in [0.1, 0.15) is 26.9 Å². The zero-order valence-electron chi connectivity index (χ0n) is 21.6. The van der Waals surface area contributed by atoms with Gasteiger partial charge < -0.3 is 10.2 Å². The lowest BCUT2D eigenvalue weighted by Gasteiger charge is -2.24. The van der Waals surface area contributed by atoms with Crippen molar-refractivity contribution in [2.45, 2.75) is 16.7 Å². The second-order valence-corrected chi connectivity index (χ2v) is 12.9. The average Bonchev–Trinajstić information content (AvgIpc) is 3.34. The van der Waals surface area contributed by atoms with Crippen LogP contribution in [0, 0.1) is 0 Å². The predicted octanol–water partition coefficient (Wildman–Crippen LogP) is 6.86. The van der Waals surface area contributed by atoms with Gasteiger partial charge in [-0.2, -0.15) is 0 Å². The van der Waals surface area contributed by atoms with E-state index in [-0.39, 0.29) is 32.8 Å². The largest absolute Gasteiger partial charge is 0.326 e. The monoisotopic (exact) mass is 625 g/mol. The lowest BCUT2D eigenvalue weighted by atomic mass is 10.1. The molecule has 4 aromatic rings. The first-order valence-corrected chi connectivity index (χ1v) is 15.9. The summed E-state index contributed by atoms with van der Waals surface area (Å²) in [6, 6.07) is 27.5. The summed E-state index contributed by atoms with van der Waals surface area (Å²) in [6.07, 6.45) is 0.773. The van der Waals surface area contributed by atoms with Gasteiger partial charge in [-0.25, -0.2) is 8.42 Å². The van der Waals surface area contributed by atoms with Crippen molar-refractivity contribution in [3.63, 3.8) is 0 Å². The van der Waals surface area contributed by atoms with Crippen LogP contribution in [0.15, 0.2) is 102 Å². The molecular weight excluding hydrogens is 601 g/mol. The van der Waals surface area contributed by atoms with E-state index in [4.69, 9.17) is 23.2 Å². The number of carbonyl (C=O) groups excluding carboxylic acids is 2. The van der Waals surface area contributed by atoms with Gasteiger partial charge in [0, 0.05) is 22.8 Å². The van der Waals surface area contributed by atoms with Crippen LogP contribution in [0.5, 0.6) is 0 Å². The molecule has 0 aromatic heterocycles. The minimum absolute atomic E-state index is 0.00583. The van der Waals surface area contributed by atoms with Crippen LogP contribution in [0.3, 0.4) is 0 Å². The van der Waals surface area contributed by atoms with E-state index in [2.05, 4.69) is 22.2 Å². The van der Waals surface area contributed by atoms with Crippen LogP contribution in [0.2, 0.25) is 10.0 Å². The van der Waals surface area contributed by atoms with E-state index >= 15 is 0 Å². The Balaban J connectivity index is 1.21. The number of halogens is 2. The van der Waals surface area contributed by atoms with Crippen molar-refractivity contribution < 1.29 is 18.0 Å². The highest BCUT2D eigenvalue weighted by atomic mass is 35.5. The van der Waals surface area contributed by atoms with Gasteiger partial charge >= 0.3 is 0 Å². The highest BCUT2D eigenvalue weighted by Gasteiger charge is 2.32. The smallest absolute Gasteiger partial charge is 0.261 e. The fraction of sp³-hybridized carbons (Fsp3) is 0.133. The topological polar surface area (TPSA) is 95.6 Å². The number of anilines is 2. The standard InChI is InChI=1S/C30H25Cl2N3O4S2/c31-23-10-15-27(26(32)18-23)34-41(38,39)25-13-11-24(12-14-25)33-29(37)21-6-8-22(9-7-21)30-35(28(36)19-40-30)17-16-20-4-2-1-3-5-20/h1-15,18,30,34H,16-17,19H2,(H,33,37)/t30-/m1/s1. The molecule has 0 radical (unpaired) electrons. The molecule has 0 saturated carbocycles. The first-order valence-electron chi connectivity index (χ1n) is 12.6. The van der Waals surface area contributed by atoms with Crippen molar-refractivity contribution in [2.24, 2.45) is 0 Å². The fourth-order valence-corrected chi connectivity index (χ4v) is 7.17. The summed E-state index contributed by atoms with van der Waals surface area (Å²) >= 11 is 13.5. The predicted molar refractivity (Wildman–Crippen MR) is 165 cm³/mol. The third-order valence-electron chi connectivity index (χ3n) is 6.51. The van der Waals surface area contributed by atoms with Crippen molar-refractivity contribution in [3.8, 4) is 0 Å². The number of carbonyl (C=O) groups is 2. The molecule has 210 valence electrons. The summed E-state index contributed by atoms with van der Waals surface area (Å²) in [7, 11) is -3.91. The van der Waals surface area contributed by atoms with E-state index in [0.29, 0.717) is 28.6 Å². The second kappa shape index (κ2) is 12.6.